The summed E-state index contributed by atoms with van der Waals surface area (Å²) in [7, 11) is 0. The SMILES string of the molecule is Cc1cc2c(cc1Cc1ccc(-n3cccn3)cc1)CNC2. The number of fused-ring (bicyclic) bond motifs is 1. The van der Waals surface area contributed by atoms with Gasteiger partial charge in [0.15, 0.2) is 0 Å². The second kappa shape index (κ2) is 5.43. The molecule has 3 aromatic rings. The Morgan fingerprint density at radius 2 is 1.86 bits per heavy atom. The van der Waals surface area contributed by atoms with Crippen molar-refractivity contribution in [2.75, 3.05) is 0 Å². The van der Waals surface area contributed by atoms with Crippen molar-refractivity contribution in [3.8, 4) is 5.69 Å². The Morgan fingerprint density at radius 3 is 2.59 bits per heavy atom. The predicted octanol–water partition coefficient (Wildman–Crippen LogP) is 3.37. The highest BCUT2D eigenvalue weighted by molar-refractivity contribution is 5.43. The van der Waals surface area contributed by atoms with Gasteiger partial charge in [0.25, 0.3) is 0 Å². The molecule has 1 aliphatic heterocycles. The Labute approximate surface area is 130 Å². The largest absolute Gasteiger partial charge is 0.309 e. The number of nitrogens with one attached hydrogen (secondary N) is 1. The number of rotatable bonds is 3. The molecule has 1 aromatic heterocycles. The molecule has 4 rings (SSSR count). The molecule has 0 saturated heterocycles. The molecule has 0 unspecified atom stereocenters. The van der Waals surface area contributed by atoms with Crippen molar-refractivity contribution in [1.29, 1.82) is 0 Å². The Bertz CT molecular complexity index is 786. The van der Waals surface area contributed by atoms with Crippen LogP contribution in [0.1, 0.15) is 27.8 Å². The third kappa shape index (κ3) is 2.44. The molecule has 0 spiro atoms. The van der Waals surface area contributed by atoms with Crippen molar-refractivity contribution < 1.29 is 0 Å². The van der Waals surface area contributed by atoms with E-state index in [0.29, 0.717) is 0 Å². The van der Waals surface area contributed by atoms with Crippen LogP contribution < -0.4 is 5.32 Å². The van der Waals surface area contributed by atoms with Crippen LogP contribution in [0.2, 0.25) is 0 Å². The average Bonchev–Trinajstić information content (AvgIpc) is 3.19. The van der Waals surface area contributed by atoms with Gasteiger partial charge in [-0.3, -0.25) is 0 Å². The quantitative estimate of drug-likeness (QED) is 0.801. The maximum Gasteiger partial charge on any atom is 0.0645 e. The number of aromatic nitrogens is 2. The van der Waals surface area contributed by atoms with E-state index < -0.39 is 0 Å². The molecule has 0 amide bonds. The molecule has 0 atom stereocenters. The minimum absolute atomic E-state index is 0.985. The van der Waals surface area contributed by atoms with E-state index in [1.54, 1.807) is 6.20 Å². The highest BCUT2D eigenvalue weighted by atomic mass is 15.3. The van der Waals surface area contributed by atoms with Crippen LogP contribution in [0, 0.1) is 6.92 Å². The van der Waals surface area contributed by atoms with Crippen molar-refractivity contribution in [1.82, 2.24) is 15.1 Å². The summed E-state index contributed by atoms with van der Waals surface area (Å²) in [5.74, 6) is 0. The third-order valence-electron chi connectivity index (χ3n) is 4.39. The van der Waals surface area contributed by atoms with Gasteiger partial charge in [0.1, 0.15) is 0 Å². The molecule has 1 N–H and O–H groups in total. The minimum atomic E-state index is 0.985. The molecule has 2 aromatic carbocycles. The Morgan fingerprint density at radius 1 is 1.09 bits per heavy atom. The fourth-order valence-electron chi connectivity index (χ4n) is 3.12. The summed E-state index contributed by atoms with van der Waals surface area (Å²) in [6.07, 6.45) is 4.75. The van der Waals surface area contributed by atoms with Crippen LogP contribution in [0.5, 0.6) is 0 Å². The molecule has 22 heavy (non-hydrogen) atoms. The molecule has 0 fully saturated rings. The Kier molecular flexibility index (Phi) is 3.28. The Hall–Kier alpha value is -2.39. The summed E-state index contributed by atoms with van der Waals surface area (Å²) < 4.78 is 1.89. The molecule has 3 heteroatoms. The lowest BCUT2D eigenvalue weighted by Gasteiger charge is -2.10. The first-order chi connectivity index (χ1) is 10.8. The highest BCUT2D eigenvalue weighted by Gasteiger charge is 2.12. The maximum absolute atomic E-state index is 4.26. The summed E-state index contributed by atoms with van der Waals surface area (Å²) in [5, 5.41) is 7.68. The van der Waals surface area contributed by atoms with E-state index in [4.69, 9.17) is 0 Å². The monoisotopic (exact) mass is 289 g/mol. The van der Waals surface area contributed by atoms with Crippen LogP contribution in [0.4, 0.5) is 0 Å². The normalized spacial score (nSPS) is 13.3. The van der Waals surface area contributed by atoms with Crippen molar-refractivity contribution in [3.05, 3.63) is 82.7 Å². The molecule has 0 bridgehead atoms. The van der Waals surface area contributed by atoms with Crippen LogP contribution in [0.15, 0.2) is 54.9 Å². The van der Waals surface area contributed by atoms with E-state index in [2.05, 4.69) is 53.7 Å². The van der Waals surface area contributed by atoms with Crippen molar-refractivity contribution in [2.45, 2.75) is 26.4 Å². The van der Waals surface area contributed by atoms with Gasteiger partial charge in [0, 0.05) is 25.5 Å². The number of hydrogen-bond donors (Lipinski definition) is 1. The first-order valence-electron chi connectivity index (χ1n) is 7.70. The van der Waals surface area contributed by atoms with Crippen LogP contribution in [0.3, 0.4) is 0 Å². The minimum Gasteiger partial charge on any atom is -0.309 e. The molecule has 2 heterocycles. The summed E-state index contributed by atoms with van der Waals surface area (Å²) in [6, 6.07) is 15.3. The first-order valence-corrected chi connectivity index (χ1v) is 7.70. The lowest BCUT2D eigenvalue weighted by atomic mass is 9.96. The fraction of sp³-hybridized carbons (Fsp3) is 0.211. The van der Waals surface area contributed by atoms with Crippen LogP contribution in [-0.2, 0) is 19.5 Å². The highest BCUT2D eigenvalue weighted by Crippen LogP contribution is 2.23. The van der Waals surface area contributed by atoms with Crippen LogP contribution >= 0.6 is 0 Å². The summed E-state index contributed by atoms with van der Waals surface area (Å²) >= 11 is 0. The van der Waals surface area contributed by atoms with E-state index in [-0.39, 0.29) is 0 Å². The summed E-state index contributed by atoms with van der Waals surface area (Å²) in [6.45, 7) is 4.22. The van der Waals surface area contributed by atoms with Gasteiger partial charge >= 0.3 is 0 Å². The second-order valence-electron chi connectivity index (χ2n) is 5.94. The predicted molar refractivity (Wildman–Crippen MR) is 88.1 cm³/mol. The molecule has 110 valence electrons. The fourth-order valence-corrected chi connectivity index (χ4v) is 3.12. The summed E-state index contributed by atoms with van der Waals surface area (Å²) in [5.41, 5.74) is 8.16. The van der Waals surface area contributed by atoms with Gasteiger partial charge in [-0.25, -0.2) is 4.68 Å². The topological polar surface area (TPSA) is 29.9 Å². The van der Waals surface area contributed by atoms with Gasteiger partial charge in [0.05, 0.1) is 5.69 Å². The lowest BCUT2D eigenvalue weighted by Crippen LogP contribution is -1.99. The molecule has 1 aliphatic rings. The third-order valence-corrected chi connectivity index (χ3v) is 4.39. The van der Waals surface area contributed by atoms with Crippen LogP contribution in [-0.4, -0.2) is 9.78 Å². The van der Waals surface area contributed by atoms with Crippen molar-refractivity contribution in [2.24, 2.45) is 0 Å². The summed E-state index contributed by atoms with van der Waals surface area (Å²) in [4.78, 5) is 0. The van der Waals surface area contributed by atoms with E-state index in [1.165, 1.54) is 27.8 Å². The van der Waals surface area contributed by atoms with E-state index >= 15 is 0 Å². The Balaban J connectivity index is 1.59. The van der Waals surface area contributed by atoms with Gasteiger partial charge in [-0.05, 0) is 59.4 Å². The van der Waals surface area contributed by atoms with E-state index in [9.17, 15) is 0 Å². The smallest absolute Gasteiger partial charge is 0.0645 e. The maximum atomic E-state index is 4.26. The standard InChI is InChI=1S/C19H19N3/c1-14-9-17-12-20-13-18(17)11-16(14)10-15-3-5-19(6-4-15)22-8-2-7-21-22/h2-9,11,20H,10,12-13H2,1H3. The van der Waals surface area contributed by atoms with Gasteiger partial charge < -0.3 is 5.32 Å². The van der Waals surface area contributed by atoms with Gasteiger partial charge in [0.2, 0.25) is 0 Å². The van der Waals surface area contributed by atoms with Crippen molar-refractivity contribution >= 4 is 0 Å². The number of benzene rings is 2. The van der Waals surface area contributed by atoms with E-state index in [0.717, 1.165) is 25.2 Å². The molecular weight excluding hydrogens is 270 g/mol. The molecule has 3 nitrogen and oxygen atoms in total. The number of aryl methyl sites for hydroxylation is 1. The molecular formula is C19H19N3. The van der Waals surface area contributed by atoms with Gasteiger partial charge in [-0.15, -0.1) is 0 Å². The number of nitrogens with zero attached hydrogens (tertiary/aromatic N) is 2. The molecule has 0 aliphatic carbocycles. The van der Waals surface area contributed by atoms with Gasteiger partial charge in [-0.1, -0.05) is 24.3 Å². The first kappa shape index (κ1) is 13.3. The van der Waals surface area contributed by atoms with E-state index in [1.807, 2.05) is 16.9 Å². The zero-order valence-electron chi connectivity index (χ0n) is 12.7. The number of hydrogen-bond acceptors (Lipinski definition) is 2. The zero-order valence-corrected chi connectivity index (χ0v) is 12.7. The lowest BCUT2D eigenvalue weighted by molar-refractivity contribution is 0.764. The van der Waals surface area contributed by atoms with Crippen LogP contribution in [0.25, 0.3) is 5.69 Å². The average molecular weight is 289 g/mol. The van der Waals surface area contributed by atoms with Crippen molar-refractivity contribution in [3.63, 3.8) is 0 Å². The molecule has 0 saturated carbocycles. The molecule has 0 radical (unpaired) electrons. The zero-order chi connectivity index (χ0) is 14.9. The van der Waals surface area contributed by atoms with Gasteiger partial charge in [-0.2, -0.15) is 5.10 Å². The second-order valence-corrected chi connectivity index (χ2v) is 5.94.